The van der Waals surface area contributed by atoms with Crippen LogP contribution in [0.4, 0.5) is 5.69 Å². The lowest BCUT2D eigenvalue weighted by atomic mass is 10.1. The SMILES string of the molecule is CCC(C(=O)NC(C)C)N(Cc1cccc(OC)c1)C(=O)CN(c1cccc(OC)c1)S(C)(=O)=O. The van der Waals surface area contributed by atoms with Crippen molar-refractivity contribution < 1.29 is 27.5 Å². The minimum atomic E-state index is -3.82. The first-order valence-electron chi connectivity index (χ1n) is 11.3. The number of hydrogen-bond donors (Lipinski definition) is 1. The van der Waals surface area contributed by atoms with Crippen molar-refractivity contribution in [2.24, 2.45) is 0 Å². The van der Waals surface area contributed by atoms with E-state index < -0.39 is 28.5 Å². The van der Waals surface area contributed by atoms with Crippen molar-refractivity contribution in [2.75, 3.05) is 31.3 Å². The van der Waals surface area contributed by atoms with Gasteiger partial charge in [0.25, 0.3) is 0 Å². The molecule has 9 nitrogen and oxygen atoms in total. The third kappa shape index (κ3) is 7.88. The maximum absolute atomic E-state index is 13.7. The number of carbonyl (C=O) groups is 2. The summed E-state index contributed by atoms with van der Waals surface area (Å²) in [4.78, 5) is 28.1. The average Bonchev–Trinajstić information content (AvgIpc) is 2.81. The van der Waals surface area contributed by atoms with E-state index in [0.717, 1.165) is 16.1 Å². The molecule has 192 valence electrons. The molecule has 35 heavy (non-hydrogen) atoms. The van der Waals surface area contributed by atoms with E-state index in [2.05, 4.69) is 5.32 Å². The van der Waals surface area contributed by atoms with Gasteiger partial charge in [0.05, 0.1) is 26.2 Å². The van der Waals surface area contributed by atoms with E-state index in [4.69, 9.17) is 9.47 Å². The minimum Gasteiger partial charge on any atom is -0.497 e. The van der Waals surface area contributed by atoms with E-state index in [-0.39, 0.29) is 18.5 Å². The molecule has 0 radical (unpaired) electrons. The molecule has 2 aromatic rings. The van der Waals surface area contributed by atoms with E-state index in [1.807, 2.05) is 26.8 Å². The van der Waals surface area contributed by atoms with Crippen LogP contribution in [0, 0.1) is 0 Å². The van der Waals surface area contributed by atoms with Crippen LogP contribution in [0.5, 0.6) is 11.5 Å². The maximum Gasteiger partial charge on any atom is 0.244 e. The summed E-state index contributed by atoms with van der Waals surface area (Å²) >= 11 is 0. The van der Waals surface area contributed by atoms with Gasteiger partial charge in [0.2, 0.25) is 21.8 Å². The number of sulfonamides is 1. The van der Waals surface area contributed by atoms with Gasteiger partial charge in [0.1, 0.15) is 24.1 Å². The summed E-state index contributed by atoms with van der Waals surface area (Å²) in [6, 6.07) is 12.8. The second-order valence-electron chi connectivity index (χ2n) is 8.43. The number of rotatable bonds is 12. The summed E-state index contributed by atoms with van der Waals surface area (Å²) in [7, 11) is -0.794. The molecule has 0 aromatic heterocycles. The molecule has 0 aliphatic heterocycles. The van der Waals surface area contributed by atoms with Crippen LogP contribution in [-0.4, -0.2) is 64.2 Å². The number of methoxy groups -OCH3 is 2. The number of nitrogens with one attached hydrogen (secondary N) is 1. The molecule has 0 fully saturated rings. The van der Waals surface area contributed by atoms with Gasteiger partial charge in [-0.25, -0.2) is 8.42 Å². The van der Waals surface area contributed by atoms with E-state index in [0.29, 0.717) is 23.6 Å². The summed E-state index contributed by atoms with van der Waals surface area (Å²) in [6.07, 6.45) is 1.39. The highest BCUT2D eigenvalue weighted by molar-refractivity contribution is 7.92. The number of nitrogens with zero attached hydrogens (tertiary/aromatic N) is 2. The number of carbonyl (C=O) groups excluding carboxylic acids is 2. The number of ether oxygens (including phenoxy) is 2. The molecule has 0 aliphatic rings. The van der Waals surface area contributed by atoms with Gasteiger partial charge in [0, 0.05) is 18.7 Å². The molecule has 1 unspecified atom stereocenters. The highest BCUT2D eigenvalue weighted by Gasteiger charge is 2.32. The Morgan fingerprint density at radius 2 is 1.60 bits per heavy atom. The highest BCUT2D eigenvalue weighted by atomic mass is 32.2. The topological polar surface area (TPSA) is 105 Å². The van der Waals surface area contributed by atoms with Crippen molar-refractivity contribution in [3.05, 3.63) is 54.1 Å². The zero-order chi connectivity index (χ0) is 26.2. The highest BCUT2D eigenvalue weighted by Crippen LogP contribution is 2.24. The molecule has 0 saturated carbocycles. The normalized spacial score (nSPS) is 12.1. The number of anilines is 1. The lowest BCUT2D eigenvalue weighted by Gasteiger charge is -2.33. The van der Waals surface area contributed by atoms with Crippen molar-refractivity contribution in [1.29, 1.82) is 0 Å². The molecule has 0 aliphatic carbocycles. The van der Waals surface area contributed by atoms with E-state index in [1.165, 1.54) is 12.0 Å². The predicted molar refractivity (Wildman–Crippen MR) is 136 cm³/mol. The van der Waals surface area contributed by atoms with Crippen molar-refractivity contribution in [3.8, 4) is 11.5 Å². The van der Waals surface area contributed by atoms with Gasteiger partial charge >= 0.3 is 0 Å². The number of benzene rings is 2. The minimum absolute atomic E-state index is 0.107. The molecule has 10 heteroatoms. The largest absolute Gasteiger partial charge is 0.497 e. The van der Waals surface area contributed by atoms with Crippen molar-refractivity contribution in [1.82, 2.24) is 10.2 Å². The summed E-state index contributed by atoms with van der Waals surface area (Å²) < 4.78 is 36.9. The molecule has 1 N–H and O–H groups in total. The fourth-order valence-corrected chi connectivity index (χ4v) is 4.49. The van der Waals surface area contributed by atoms with Gasteiger partial charge in [-0.2, -0.15) is 0 Å². The zero-order valence-corrected chi connectivity index (χ0v) is 22.0. The first kappa shape index (κ1) is 28.0. The summed E-state index contributed by atoms with van der Waals surface area (Å²) in [6.45, 7) is 5.13. The van der Waals surface area contributed by atoms with Gasteiger partial charge in [-0.05, 0) is 50.1 Å². The molecule has 0 heterocycles. The second-order valence-corrected chi connectivity index (χ2v) is 10.3. The molecule has 2 aromatic carbocycles. The Kier molecular flexibility index (Phi) is 9.94. The standard InChI is InChI=1S/C25H35N3O6S/c1-7-23(25(30)26-18(2)3)27(16-19-10-8-12-21(14-19)33-4)24(29)17-28(35(6,31)32)20-11-9-13-22(15-20)34-5/h8-15,18,23H,7,16-17H2,1-6H3,(H,26,30). The zero-order valence-electron chi connectivity index (χ0n) is 21.1. The Morgan fingerprint density at radius 1 is 1.00 bits per heavy atom. The summed E-state index contributed by atoms with van der Waals surface area (Å²) in [5.74, 6) is 0.265. The van der Waals surface area contributed by atoms with Gasteiger partial charge in [-0.1, -0.05) is 25.1 Å². The molecule has 0 spiro atoms. The summed E-state index contributed by atoms with van der Waals surface area (Å²) in [5.41, 5.74) is 1.04. The van der Waals surface area contributed by atoms with Crippen LogP contribution < -0.4 is 19.1 Å². The maximum atomic E-state index is 13.7. The lowest BCUT2D eigenvalue weighted by molar-refractivity contribution is -0.140. The second kappa shape index (κ2) is 12.4. The quantitative estimate of drug-likeness (QED) is 0.476. The van der Waals surface area contributed by atoms with Crippen LogP contribution in [0.3, 0.4) is 0 Å². The first-order valence-corrected chi connectivity index (χ1v) is 13.2. The van der Waals surface area contributed by atoms with E-state index in [1.54, 1.807) is 49.6 Å². The van der Waals surface area contributed by atoms with Crippen LogP contribution in [0.1, 0.15) is 32.8 Å². The Balaban J connectivity index is 2.47. The molecule has 0 bridgehead atoms. The fourth-order valence-electron chi connectivity index (χ4n) is 3.65. The summed E-state index contributed by atoms with van der Waals surface area (Å²) in [5, 5.41) is 2.86. The smallest absolute Gasteiger partial charge is 0.244 e. The third-order valence-electron chi connectivity index (χ3n) is 5.32. The monoisotopic (exact) mass is 505 g/mol. The van der Waals surface area contributed by atoms with E-state index in [9.17, 15) is 18.0 Å². The first-order chi connectivity index (χ1) is 16.5. The van der Waals surface area contributed by atoms with Gasteiger partial charge in [-0.15, -0.1) is 0 Å². The number of amides is 2. The van der Waals surface area contributed by atoms with Gasteiger partial charge in [0.15, 0.2) is 0 Å². The number of hydrogen-bond acceptors (Lipinski definition) is 6. The Labute approximate surface area is 208 Å². The van der Waals surface area contributed by atoms with E-state index >= 15 is 0 Å². The molecule has 1 atom stereocenters. The fraction of sp³-hybridized carbons (Fsp3) is 0.440. The molecular formula is C25H35N3O6S. The average molecular weight is 506 g/mol. The lowest BCUT2D eigenvalue weighted by Crippen LogP contribution is -2.53. The third-order valence-corrected chi connectivity index (χ3v) is 6.47. The Hall–Kier alpha value is -3.27. The van der Waals surface area contributed by atoms with Gasteiger partial charge < -0.3 is 19.7 Å². The van der Waals surface area contributed by atoms with Crippen molar-refractivity contribution in [2.45, 2.75) is 45.8 Å². The van der Waals surface area contributed by atoms with Gasteiger partial charge in [-0.3, -0.25) is 13.9 Å². The van der Waals surface area contributed by atoms with Crippen LogP contribution >= 0.6 is 0 Å². The van der Waals surface area contributed by atoms with Crippen LogP contribution in [-0.2, 0) is 26.2 Å². The van der Waals surface area contributed by atoms with Crippen LogP contribution in [0.2, 0.25) is 0 Å². The molecule has 2 rings (SSSR count). The molecular weight excluding hydrogens is 470 g/mol. The Morgan fingerprint density at radius 3 is 2.14 bits per heavy atom. The van der Waals surface area contributed by atoms with Crippen molar-refractivity contribution in [3.63, 3.8) is 0 Å². The Bertz CT molecular complexity index is 1120. The van der Waals surface area contributed by atoms with Crippen LogP contribution in [0.25, 0.3) is 0 Å². The molecule has 2 amide bonds. The van der Waals surface area contributed by atoms with Crippen molar-refractivity contribution >= 4 is 27.5 Å². The van der Waals surface area contributed by atoms with Crippen LogP contribution in [0.15, 0.2) is 48.5 Å². The predicted octanol–water partition coefficient (Wildman–Crippen LogP) is 2.80. The molecule has 0 saturated heterocycles.